The van der Waals surface area contributed by atoms with Crippen LogP contribution >= 0.6 is 0 Å². The smallest absolute Gasteiger partial charge is 0.422 e. The van der Waals surface area contributed by atoms with Gasteiger partial charge in [-0.25, -0.2) is 0 Å². The highest BCUT2D eigenvalue weighted by molar-refractivity contribution is 6.25. The van der Waals surface area contributed by atoms with E-state index in [1.54, 1.807) is 13.8 Å². The highest BCUT2D eigenvalue weighted by atomic mass is 19.4. The number of aliphatic hydroxyl groups is 1. The van der Waals surface area contributed by atoms with Crippen LogP contribution in [0.2, 0.25) is 0 Å². The number of hydrogen-bond donors (Lipinski definition) is 1. The average molecular weight is 340 g/mol. The van der Waals surface area contributed by atoms with Gasteiger partial charge in [0.05, 0.1) is 5.57 Å². The third-order valence-electron chi connectivity index (χ3n) is 4.87. The maximum atomic E-state index is 12.6. The van der Waals surface area contributed by atoms with Crippen molar-refractivity contribution in [2.45, 2.75) is 39.3 Å². The first kappa shape index (κ1) is 16.9. The van der Waals surface area contributed by atoms with Gasteiger partial charge in [0.1, 0.15) is 11.5 Å². The number of ether oxygens (including phenoxy) is 1. The van der Waals surface area contributed by atoms with E-state index < -0.39 is 12.8 Å². The van der Waals surface area contributed by atoms with E-state index in [9.17, 15) is 23.1 Å². The minimum Gasteiger partial charge on any atom is -0.511 e. The maximum Gasteiger partial charge on any atom is 0.422 e. The van der Waals surface area contributed by atoms with Gasteiger partial charge in [-0.15, -0.1) is 0 Å². The number of rotatable bonds is 3. The molecule has 0 bridgehead atoms. The Morgan fingerprint density at radius 3 is 2.29 bits per heavy atom. The molecule has 0 amide bonds. The third-order valence-corrected chi connectivity index (χ3v) is 4.87. The van der Waals surface area contributed by atoms with Crippen LogP contribution in [0.15, 0.2) is 17.9 Å². The monoisotopic (exact) mass is 340 g/mol. The molecule has 1 N–H and O–H groups in total. The van der Waals surface area contributed by atoms with Gasteiger partial charge in [0.15, 0.2) is 12.4 Å². The number of benzene rings is 1. The molecule has 3 nitrogen and oxygen atoms in total. The van der Waals surface area contributed by atoms with Gasteiger partial charge < -0.3 is 9.84 Å². The van der Waals surface area contributed by atoms with Crippen molar-refractivity contribution in [3.05, 3.63) is 34.6 Å². The van der Waals surface area contributed by atoms with E-state index in [0.717, 1.165) is 19.3 Å². The Morgan fingerprint density at radius 1 is 1.17 bits per heavy atom. The standard InChI is InChI=1S/C18H19F3O3/c1-9-6-11(24-8-18(19,20)21)7-10(2)14(9)15-16(22)12-4-3-5-13(12)17(15)23/h6-7,12-13,22H,3-5,8H2,1-2H3. The van der Waals surface area contributed by atoms with Crippen molar-refractivity contribution in [2.75, 3.05) is 6.61 Å². The number of aliphatic hydroxyl groups excluding tert-OH is 1. The van der Waals surface area contributed by atoms with E-state index in [0.29, 0.717) is 22.3 Å². The maximum absolute atomic E-state index is 12.6. The van der Waals surface area contributed by atoms with Crippen LogP contribution in [0, 0.1) is 25.7 Å². The van der Waals surface area contributed by atoms with Crippen LogP contribution in [0.5, 0.6) is 5.75 Å². The summed E-state index contributed by atoms with van der Waals surface area (Å²) in [4.78, 5) is 12.6. The number of ketones is 1. The molecule has 0 aliphatic heterocycles. The van der Waals surface area contributed by atoms with E-state index in [-0.39, 0.29) is 29.1 Å². The molecule has 3 rings (SSSR count). The molecule has 2 aliphatic carbocycles. The summed E-state index contributed by atoms with van der Waals surface area (Å²) >= 11 is 0. The summed E-state index contributed by atoms with van der Waals surface area (Å²) in [6.07, 6.45) is -1.89. The summed E-state index contributed by atoms with van der Waals surface area (Å²) in [6, 6.07) is 2.96. The van der Waals surface area contributed by atoms with E-state index in [4.69, 9.17) is 4.74 Å². The van der Waals surface area contributed by atoms with Gasteiger partial charge in [-0.2, -0.15) is 13.2 Å². The second kappa shape index (κ2) is 5.83. The van der Waals surface area contributed by atoms with Crippen LogP contribution in [0.3, 0.4) is 0 Å². The van der Waals surface area contributed by atoms with Gasteiger partial charge in [-0.1, -0.05) is 6.42 Å². The lowest BCUT2D eigenvalue weighted by atomic mass is 9.91. The summed E-state index contributed by atoms with van der Waals surface area (Å²) in [5.41, 5.74) is 2.21. The van der Waals surface area contributed by atoms with E-state index in [1.807, 2.05) is 0 Å². The van der Waals surface area contributed by atoms with Crippen LogP contribution in [0.1, 0.15) is 36.0 Å². The number of hydrogen-bond acceptors (Lipinski definition) is 3. The van der Waals surface area contributed by atoms with Crippen molar-refractivity contribution in [1.29, 1.82) is 0 Å². The molecule has 24 heavy (non-hydrogen) atoms. The molecule has 0 heterocycles. The van der Waals surface area contributed by atoms with Crippen LogP contribution < -0.4 is 4.74 Å². The van der Waals surface area contributed by atoms with Crippen molar-refractivity contribution in [2.24, 2.45) is 11.8 Å². The van der Waals surface area contributed by atoms with Crippen molar-refractivity contribution in [3.8, 4) is 5.75 Å². The molecule has 2 atom stereocenters. The Morgan fingerprint density at radius 2 is 1.75 bits per heavy atom. The average Bonchev–Trinajstić information content (AvgIpc) is 3.03. The first-order chi connectivity index (χ1) is 11.2. The number of carbonyl (C=O) groups is 1. The topological polar surface area (TPSA) is 46.5 Å². The Kier molecular flexibility index (Phi) is 4.10. The van der Waals surface area contributed by atoms with Gasteiger partial charge in [0.25, 0.3) is 0 Å². The van der Waals surface area contributed by atoms with Gasteiger partial charge in [0.2, 0.25) is 0 Å². The summed E-state index contributed by atoms with van der Waals surface area (Å²) in [7, 11) is 0. The highest BCUT2D eigenvalue weighted by Gasteiger charge is 2.45. The fourth-order valence-electron chi connectivity index (χ4n) is 3.92. The Labute approximate surface area is 138 Å². The zero-order chi connectivity index (χ0) is 17.6. The molecular formula is C18H19F3O3. The van der Waals surface area contributed by atoms with Crippen molar-refractivity contribution >= 4 is 11.4 Å². The fourth-order valence-corrected chi connectivity index (χ4v) is 3.92. The summed E-state index contributed by atoms with van der Waals surface area (Å²) in [6.45, 7) is 2.07. The number of carbonyl (C=O) groups excluding carboxylic acids is 1. The van der Waals surface area contributed by atoms with Gasteiger partial charge in [-0.3, -0.25) is 4.79 Å². The molecule has 2 unspecified atom stereocenters. The number of aryl methyl sites for hydroxylation is 2. The van der Waals surface area contributed by atoms with E-state index in [1.165, 1.54) is 12.1 Å². The molecule has 0 aromatic heterocycles. The SMILES string of the molecule is Cc1cc(OCC(F)(F)F)cc(C)c1C1=C(O)C2CCCC2C1=O. The van der Waals surface area contributed by atoms with Gasteiger partial charge in [-0.05, 0) is 55.5 Å². The van der Waals surface area contributed by atoms with Crippen LogP contribution in [0.4, 0.5) is 13.2 Å². The number of fused-ring (bicyclic) bond motifs is 1. The Balaban J connectivity index is 1.95. The number of halogens is 3. The minimum absolute atomic E-state index is 0.0508. The van der Waals surface area contributed by atoms with Crippen molar-refractivity contribution in [1.82, 2.24) is 0 Å². The minimum atomic E-state index is -4.40. The zero-order valence-corrected chi connectivity index (χ0v) is 13.5. The molecule has 0 saturated heterocycles. The lowest BCUT2D eigenvalue weighted by molar-refractivity contribution is -0.153. The molecule has 1 aromatic carbocycles. The van der Waals surface area contributed by atoms with Crippen LogP contribution in [-0.4, -0.2) is 23.7 Å². The quantitative estimate of drug-likeness (QED) is 0.880. The Bertz CT molecular complexity index is 696. The highest BCUT2D eigenvalue weighted by Crippen LogP contribution is 2.48. The van der Waals surface area contributed by atoms with Crippen LogP contribution in [-0.2, 0) is 4.79 Å². The summed E-state index contributed by atoms with van der Waals surface area (Å²) < 4.78 is 41.7. The van der Waals surface area contributed by atoms with Crippen LogP contribution in [0.25, 0.3) is 5.57 Å². The zero-order valence-electron chi connectivity index (χ0n) is 13.5. The van der Waals surface area contributed by atoms with Gasteiger partial charge in [0, 0.05) is 11.8 Å². The third kappa shape index (κ3) is 2.89. The molecule has 2 aliphatic rings. The number of Topliss-reactive ketones (excluding diaryl/α,β-unsaturated/α-hetero) is 1. The predicted octanol–water partition coefficient (Wildman–Crippen LogP) is 4.51. The first-order valence-electron chi connectivity index (χ1n) is 7.97. The molecule has 1 aromatic rings. The lowest BCUT2D eigenvalue weighted by Crippen LogP contribution is -2.19. The fraction of sp³-hybridized carbons (Fsp3) is 0.500. The number of allylic oxidation sites excluding steroid dienone is 2. The van der Waals surface area contributed by atoms with E-state index in [2.05, 4.69) is 0 Å². The second-order valence-electron chi connectivity index (χ2n) is 6.60. The molecule has 1 saturated carbocycles. The molecule has 6 heteroatoms. The van der Waals surface area contributed by atoms with Gasteiger partial charge >= 0.3 is 6.18 Å². The van der Waals surface area contributed by atoms with Crippen molar-refractivity contribution in [3.63, 3.8) is 0 Å². The first-order valence-corrected chi connectivity index (χ1v) is 7.97. The predicted molar refractivity (Wildman–Crippen MR) is 82.9 cm³/mol. The largest absolute Gasteiger partial charge is 0.511 e. The summed E-state index contributed by atoms with van der Waals surface area (Å²) in [5, 5.41) is 10.5. The second-order valence-corrected chi connectivity index (χ2v) is 6.60. The molecule has 0 radical (unpaired) electrons. The molecule has 130 valence electrons. The number of alkyl halides is 3. The molecule has 0 spiro atoms. The lowest BCUT2D eigenvalue weighted by Gasteiger charge is -2.15. The van der Waals surface area contributed by atoms with Crippen molar-refractivity contribution < 1.29 is 27.8 Å². The Hall–Kier alpha value is -1.98. The molecular weight excluding hydrogens is 321 g/mol. The van der Waals surface area contributed by atoms with E-state index >= 15 is 0 Å². The summed E-state index contributed by atoms with van der Waals surface area (Å²) in [5.74, 6) is -0.0629. The molecule has 1 fully saturated rings. The normalized spacial score (nSPS) is 23.8.